The van der Waals surface area contributed by atoms with E-state index in [0.29, 0.717) is 17.8 Å². The number of hydrogen-bond acceptors (Lipinski definition) is 1. The lowest BCUT2D eigenvalue weighted by Crippen LogP contribution is -2.00. The minimum atomic E-state index is 0.342. The minimum absolute atomic E-state index is 0.342. The second kappa shape index (κ2) is 8.94. The second-order valence-electron chi connectivity index (χ2n) is 13.1. The van der Waals surface area contributed by atoms with Gasteiger partial charge in [-0.25, -0.2) is 0 Å². The molecule has 2 heteroatoms. The quantitative estimate of drug-likeness (QED) is 0.218. The SMILES string of the molecule is CC1C=C(c2cc3c4cc5cc(C(C)C)ccc5cc4n4c5cc6ccc(C(C)C)cc6cc5c(c2)c34)C=C(C#N)C1. The fourth-order valence-electron chi connectivity index (χ4n) is 7.22. The van der Waals surface area contributed by atoms with Crippen LogP contribution < -0.4 is 0 Å². The van der Waals surface area contributed by atoms with Crippen LogP contribution in [0.2, 0.25) is 0 Å². The Kier molecular flexibility index (Phi) is 5.35. The molecule has 1 aliphatic rings. The summed E-state index contributed by atoms with van der Waals surface area (Å²) in [7, 11) is 0. The fourth-order valence-corrected chi connectivity index (χ4v) is 7.22. The van der Waals surface area contributed by atoms with Gasteiger partial charge in [0.15, 0.2) is 0 Å². The largest absolute Gasteiger partial charge is 0.308 e. The Morgan fingerprint density at radius 1 is 0.690 bits per heavy atom. The van der Waals surface area contributed by atoms with Crippen LogP contribution >= 0.6 is 0 Å². The number of hydrogen-bond donors (Lipinski definition) is 0. The monoisotopic (exact) mass is 542 g/mol. The Balaban J connectivity index is 1.53. The molecule has 0 saturated heterocycles. The summed E-state index contributed by atoms with van der Waals surface area (Å²) in [5, 5.41) is 20.0. The maximum Gasteiger partial charge on any atom is 0.0947 e. The molecule has 2 nitrogen and oxygen atoms in total. The first-order valence-electron chi connectivity index (χ1n) is 15.3. The number of allylic oxidation sites excluding steroid dienone is 4. The highest BCUT2D eigenvalue weighted by Gasteiger charge is 2.22. The molecular weight excluding hydrogens is 508 g/mol. The zero-order valence-electron chi connectivity index (χ0n) is 24.9. The first-order chi connectivity index (χ1) is 20.3. The van der Waals surface area contributed by atoms with Crippen LogP contribution in [0.15, 0.2) is 90.5 Å². The second-order valence-corrected chi connectivity index (χ2v) is 13.1. The maximum atomic E-state index is 9.77. The average molecular weight is 543 g/mol. The van der Waals surface area contributed by atoms with E-state index in [9.17, 15) is 5.26 Å². The van der Waals surface area contributed by atoms with Crippen molar-refractivity contribution in [2.75, 3.05) is 0 Å². The Morgan fingerprint density at radius 2 is 1.24 bits per heavy atom. The van der Waals surface area contributed by atoms with Crippen LogP contribution in [0.4, 0.5) is 0 Å². The molecule has 0 saturated carbocycles. The van der Waals surface area contributed by atoms with Crippen molar-refractivity contribution in [1.82, 2.24) is 4.40 Å². The molecule has 0 fully saturated rings. The first kappa shape index (κ1) is 25.1. The number of nitriles is 1. The summed E-state index contributed by atoms with van der Waals surface area (Å²) in [4.78, 5) is 0. The zero-order chi connectivity index (χ0) is 28.9. The predicted octanol–water partition coefficient (Wildman–Crippen LogP) is 11.3. The van der Waals surface area contributed by atoms with Gasteiger partial charge in [0.1, 0.15) is 0 Å². The number of nitrogens with zero attached hydrogens (tertiary/aromatic N) is 2. The van der Waals surface area contributed by atoms with E-state index >= 15 is 0 Å². The van der Waals surface area contributed by atoms with Gasteiger partial charge in [-0.2, -0.15) is 5.26 Å². The van der Waals surface area contributed by atoms with E-state index < -0.39 is 0 Å². The molecule has 2 heterocycles. The van der Waals surface area contributed by atoms with Gasteiger partial charge in [-0.05, 0) is 110 Å². The van der Waals surface area contributed by atoms with Crippen LogP contribution in [0.3, 0.4) is 0 Å². The van der Waals surface area contributed by atoms with Crippen molar-refractivity contribution in [2.45, 2.75) is 52.9 Å². The van der Waals surface area contributed by atoms with Crippen LogP contribution in [-0.4, -0.2) is 4.40 Å². The van der Waals surface area contributed by atoms with Gasteiger partial charge in [-0.15, -0.1) is 0 Å². The highest BCUT2D eigenvalue weighted by Crippen LogP contribution is 2.44. The van der Waals surface area contributed by atoms with Gasteiger partial charge in [0.05, 0.1) is 22.6 Å². The number of aromatic nitrogens is 1. The molecule has 1 atom stereocenters. The first-order valence-corrected chi connectivity index (χ1v) is 15.3. The predicted molar refractivity (Wildman–Crippen MR) is 180 cm³/mol. The lowest BCUT2D eigenvalue weighted by atomic mass is 9.88. The van der Waals surface area contributed by atoms with Crippen molar-refractivity contribution in [2.24, 2.45) is 5.92 Å². The number of benzene rings is 5. The molecule has 0 amide bonds. The molecule has 2 aromatic heterocycles. The van der Waals surface area contributed by atoms with Crippen LogP contribution in [0.1, 0.15) is 69.6 Å². The van der Waals surface area contributed by atoms with Crippen molar-refractivity contribution < 1.29 is 0 Å². The smallest absolute Gasteiger partial charge is 0.0947 e. The van der Waals surface area contributed by atoms with Crippen LogP contribution in [0.5, 0.6) is 0 Å². The van der Waals surface area contributed by atoms with E-state index in [0.717, 1.165) is 17.6 Å². The zero-order valence-corrected chi connectivity index (χ0v) is 24.9. The molecule has 0 aliphatic heterocycles. The van der Waals surface area contributed by atoms with Crippen LogP contribution in [-0.2, 0) is 0 Å². The molecule has 7 aromatic rings. The van der Waals surface area contributed by atoms with Crippen molar-refractivity contribution >= 4 is 65.2 Å². The third kappa shape index (κ3) is 3.63. The van der Waals surface area contributed by atoms with Gasteiger partial charge >= 0.3 is 0 Å². The van der Waals surface area contributed by atoms with E-state index in [-0.39, 0.29) is 0 Å². The number of rotatable bonds is 3. The van der Waals surface area contributed by atoms with Gasteiger partial charge in [-0.3, -0.25) is 0 Å². The Labute approximate surface area is 246 Å². The van der Waals surface area contributed by atoms with Crippen molar-refractivity contribution in [3.8, 4) is 6.07 Å². The fraction of sp³-hybridized carbons (Fsp3) is 0.225. The van der Waals surface area contributed by atoms with Gasteiger partial charge in [0, 0.05) is 27.1 Å². The topological polar surface area (TPSA) is 28.2 Å². The molecule has 1 aliphatic carbocycles. The van der Waals surface area contributed by atoms with E-state index in [4.69, 9.17) is 0 Å². The van der Waals surface area contributed by atoms with Crippen LogP contribution in [0.25, 0.3) is 65.2 Å². The molecule has 204 valence electrons. The summed E-state index contributed by atoms with van der Waals surface area (Å²) in [6.07, 6.45) is 5.25. The van der Waals surface area contributed by atoms with E-state index in [2.05, 4.69) is 130 Å². The van der Waals surface area contributed by atoms with E-state index in [1.54, 1.807) is 0 Å². The van der Waals surface area contributed by atoms with Gasteiger partial charge in [0.2, 0.25) is 0 Å². The van der Waals surface area contributed by atoms with Crippen molar-refractivity contribution in [3.05, 3.63) is 107 Å². The van der Waals surface area contributed by atoms with Crippen LogP contribution in [0, 0.1) is 17.2 Å². The van der Waals surface area contributed by atoms with E-state index in [1.807, 2.05) is 0 Å². The van der Waals surface area contributed by atoms with Gasteiger partial charge in [0.25, 0.3) is 0 Å². The Hall–Kier alpha value is -4.61. The van der Waals surface area contributed by atoms with E-state index in [1.165, 1.54) is 76.3 Å². The normalized spacial score (nSPS) is 16.1. The highest BCUT2D eigenvalue weighted by molar-refractivity contribution is 6.26. The Morgan fingerprint density at radius 3 is 1.74 bits per heavy atom. The molecule has 1 unspecified atom stereocenters. The summed E-state index contributed by atoms with van der Waals surface area (Å²) < 4.78 is 2.50. The van der Waals surface area contributed by atoms with Gasteiger partial charge in [-0.1, -0.05) is 77.1 Å². The molecule has 0 N–H and O–H groups in total. The van der Waals surface area contributed by atoms with Gasteiger partial charge < -0.3 is 4.40 Å². The summed E-state index contributed by atoms with van der Waals surface area (Å²) in [5.74, 6) is 1.32. The summed E-state index contributed by atoms with van der Waals surface area (Å²) in [6.45, 7) is 11.2. The molecule has 0 bridgehead atoms. The lowest BCUT2D eigenvalue weighted by Gasteiger charge is -2.15. The molecule has 42 heavy (non-hydrogen) atoms. The minimum Gasteiger partial charge on any atom is -0.308 e. The lowest BCUT2D eigenvalue weighted by molar-refractivity contribution is 0.723. The molecule has 5 aromatic carbocycles. The molecule has 0 spiro atoms. The molecule has 0 radical (unpaired) electrons. The summed E-state index contributed by atoms with van der Waals surface area (Å²) >= 11 is 0. The van der Waals surface area contributed by atoms with Crippen molar-refractivity contribution in [1.29, 1.82) is 5.26 Å². The highest BCUT2D eigenvalue weighted by atomic mass is 14.9. The third-order valence-corrected chi connectivity index (χ3v) is 9.50. The average Bonchev–Trinajstić information content (AvgIpc) is 3.48. The maximum absolute atomic E-state index is 9.77. The molecule has 8 rings (SSSR count). The standard InChI is InChI=1S/C40H34N2/c1-22(2)26-6-8-28-19-38-34(15-31(28)13-26)36-17-33(30-11-24(5)10-25(12-30)21-41)18-37-35-16-32-14-27(23(3)4)7-9-29(32)20-39(35)42(38)40(36)37/h6-9,11-20,22-24H,10H2,1-5H3. The third-order valence-electron chi connectivity index (χ3n) is 9.50. The van der Waals surface area contributed by atoms with Crippen molar-refractivity contribution in [3.63, 3.8) is 0 Å². The Bertz CT molecular complexity index is 2220. The summed E-state index contributed by atoms with van der Waals surface area (Å²) in [5.41, 5.74) is 9.74. The summed E-state index contributed by atoms with van der Waals surface area (Å²) in [6, 6.07) is 30.6. The molecular formula is C40H34N2. The number of fused-ring (bicyclic) bond motifs is 8.